The third-order valence-corrected chi connectivity index (χ3v) is 3.19. The van der Waals surface area contributed by atoms with Crippen LogP contribution in [0.2, 0.25) is 0 Å². The van der Waals surface area contributed by atoms with Gasteiger partial charge >= 0.3 is 0 Å². The predicted octanol–water partition coefficient (Wildman–Crippen LogP) is 0.405. The minimum Gasteiger partial charge on any atom is -0.352 e. The Balaban J connectivity index is 2.14. The molecule has 5 heteroatoms. The average Bonchev–Trinajstić information content (AvgIpc) is 3.12. The standard InChI is InChI=1S/C13H25N3O2/c1-4-9(2)15-13(18)10(3)16-12(17)8-14-7-11-5-6-11/h9-11,14H,4-8H2,1-3H3,(H,15,18)(H,16,17). The quantitative estimate of drug-likeness (QED) is 0.588. The summed E-state index contributed by atoms with van der Waals surface area (Å²) in [4.78, 5) is 23.3. The highest BCUT2D eigenvalue weighted by Gasteiger charge is 2.21. The zero-order valence-electron chi connectivity index (χ0n) is 11.6. The van der Waals surface area contributed by atoms with Crippen molar-refractivity contribution in [2.24, 2.45) is 5.92 Å². The molecule has 2 amide bonds. The molecular formula is C13H25N3O2. The van der Waals surface area contributed by atoms with Crippen LogP contribution < -0.4 is 16.0 Å². The van der Waals surface area contributed by atoms with Gasteiger partial charge in [-0.2, -0.15) is 0 Å². The fraction of sp³-hybridized carbons (Fsp3) is 0.846. The Morgan fingerprint density at radius 2 is 1.89 bits per heavy atom. The van der Waals surface area contributed by atoms with Crippen LogP contribution in [0.3, 0.4) is 0 Å². The van der Waals surface area contributed by atoms with Crippen LogP contribution in [0.1, 0.15) is 40.0 Å². The Morgan fingerprint density at radius 3 is 2.44 bits per heavy atom. The topological polar surface area (TPSA) is 70.2 Å². The summed E-state index contributed by atoms with van der Waals surface area (Å²) in [5, 5.41) is 8.63. The summed E-state index contributed by atoms with van der Waals surface area (Å²) in [5.41, 5.74) is 0. The van der Waals surface area contributed by atoms with E-state index in [0.717, 1.165) is 18.9 Å². The van der Waals surface area contributed by atoms with Crippen LogP contribution in [0, 0.1) is 5.92 Å². The fourth-order valence-electron chi connectivity index (χ4n) is 1.54. The van der Waals surface area contributed by atoms with Gasteiger partial charge in [-0.05, 0) is 45.6 Å². The van der Waals surface area contributed by atoms with E-state index in [0.29, 0.717) is 0 Å². The fourth-order valence-corrected chi connectivity index (χ4v) is 1.54. The van der Waals surface area contributed by atoms with Gasteiger partial charge in [0.1, 0.15) is 6.04 Å². The summed E-state index contributed by atoms with van der Waals surface area (Å²) in [6, 6.07) is -0.334. The molecule has 104 valence electrons. The van der Waals surface area contributed by atoms with Gasteiger partial charge < -0.3 is 16.0 Å². The number of hydrogen-bond donors (Lipinski definition) is 3. The molecular weight excluding hydrogens is 230 g/mol. The van der Waals surface area contributed by atoms with E-state index in [-0.39, 0.29) is 24.4 Å². The van der Waals surface area contributed by atoms with Crippen LogP contribution in [-0.2, 0) is 9.59 Å². The second-order valence-corrected chi connectivity index (χ2v) is 5.18. The first-order valence-corrected chi connectivity index (χ1v) is 6.83. The molecule has 3 N–H and O–H groups in total. The number of amides is 2. The maximum atomic E-state index is 11.7. The number of hydrogen-bond acceptors (Lipinski definition) is 3. The summed E-state index contributed by atoms with van der Waals surface area (Å²) < 4.78 is 0. The lowest BCUT2D eigenvalue weighted by molar-refractivity contribution is -0.128. The van der Waals surface area contributed by atoms with Gasteiger partial charge in [0.05, 0.1) is 6.54 Å². The molecule has 1 fully saturated rings. The zero-order chi connectivity index (χ0) is 13.5. The molecule has 1 rings (SSSR count). The van der Waals surface area contributed by atoms with E-state index in [2.05, 4.69) is 16.0 Å². The van der Waals surface area contributed by atoms with Crippen molar-refractivity contribution in [1.82, 2.24) is 16.0 Å². The Labute approximate surface area is 109 Å². The highest BCUT2D eigenvalue weighted by molar-refractivity contribution is 5.88. The molecule has 2 atom stereocenters. The number of carbonyl (C=O) groups is 2. The van der Waals surface area contributed by atoms with Crippen LogP contribution in [-0.4, -0.2) is 37.0 Å². The highest BCUT2D eigenvalue weighted by Crippen LogP contribution is 2.27. The molecule has 2 unspecified atom stereocenters. The van der Waals surface area contributed by atoms with Crippen LogP contribution in [0.25, 0.3) is 0 Å². The lowest BCUT2D eigenvalue weighted by atomic mass is 10.2. The molecule has 0 radical (unpaired) electrons. The van der Waals surface area contributed by atoms with Crippen LogP contribution >= 0.6 is 0 Å². The number of nitrogens with one attached hydrogen (secondary N) is 3. The van der Waals surface area contributed by atoms with E-state index in [4.69, 9.17) is 0 Å². The van der Waals surface area contributed by atoms with Crippen LogP contribution in [0.4, 0.5) is 0 Å². The van der Waals surface area contributed by atoms with Gasteiger partial charge in [-0.15, -0.1) is 0 Å². The smallest absolute Gasteiger partial charge is 0.242 e. The molecule has 0 bridgehead atoms. The second kappa shape index (κ2) is 7.36. The second-order valence-electron chi connectivity index (χ2n) is 5.18. The van der Waals surface area contributed by atoms with E-state index in [1.54, 1.807) is 6.92 Å². The van der Waals surface area contributed by atoms with E-state index >= 15 is 0 Å². The molecule has 0 aromatic carbocycles. The molecule has 0 spiro atoms. The maximum Gasteiger partial charge on any atom is 0.242 e. The van der Waals surface area contributed by atoms with Gasteiger partial charge in [0, 0.05) is 6.04 Å². The predicted molar refractivity (Wildman–Crippen MR) is 71.1 cm³/mol. The van der Waals surface area contributed by atoms with E-state index in [1.807, 2.05) is 13.8 Å². The van der Waals surface area contributed by atoms with E-state index < -0.39 is 6.04 Å². The summed E-state index contributed by atoms with van der Waals surface area (Å²) in [6.45, 7) is 6.86. The molecule has 0 aromatic rings. The summed E-state index contributed by atoms with van der Waals surface area (Å²) >= 11 is 0. The summed E-state index contributed by atoms with van der Waals surface area (Å²) in [5.74, 6) is 0.506. The Bertz CT molecular complexity index is 290. The molecule has 0 aliphatic heterocycles. The van der Waals surface area contributed by atoms with Gasteiger partial charge in [-0.1, -0.05) is 6.92 Å². The van der Waals surface area contributed by atoms with Gasteiger partial charge in [-0.25, -0.2) is 0 Å². The first-order valence-electron chi connectivity index (χ1n) is 6.83. The largest absolute Gasteiger partial charge is 0.352 e. The lowest BCUT2D eigenvalue weighted by Crippen LogP contribution is -2.49. The minimum atomic E-state index is -0.478. The first kappa shape index (κ1) is 15.0. The van der Waals surface area contributed by atoms with Crippen molar-refractivity contribution in [1.29, 1.82) is 0 Å². The molecule has 18 heavy (non-hydrogen) atoms. The lowest BCUT2D eigenvalue weighted by Gasteiger charge is -2.17. The van der Waals surface area contributed by atoms with Crippen molar-refractivity contribution in [3.8, 4) is 0 Å². The average molecular weight is 255 g/mol. The number of rotatable bonds is 8. The summed E-state index contributed by atoms with van der Waals surface area (Å²) in [7, 11) is 0. The van der Waals surface area contributed by atoms with Crippen molar-refractivity contribution in [2.45, 2.75) is 52.1 Å². The van der Waals surface area contributed by atoms with Crippen LogP contribution in [0.15, 0.2) is 0 Å². The van der Waals surface area contributed by atoms with Gasteiger partial charge in [0.2, 0.25) is 11.8 Å². The van der Waals surface area contributed by atoms with Crippen molar-refractivity contribution >= 4 is 11.8 Å². The normalized spacial score (nSPS) is 17.9. The SMILES string of the molecule is CCC(C)NC(=O)C(C)NC(=O)CNCC1CC1. The third kappa shape index (κ3) is 6.00. The van der Waals surface area contributed by atoms with Gasteiger partial charge in [0.15, 0.2) is 0 Å². The first-order chi connectivity index (χ1) is 8.52. The zero-order valence-corrected chi connectivity index (χ0v) is 11.6. The molecule has 1 aliphatic rings. The Kier molecular flexibility index (Phi) is 6.12. The molecule has 1 saturated carbocycles. The van der Waals surface area contributed by atoms with Crippen molar-refractivity contribution in [2.75, 3.05) is 13.1 Å². The molecule has 5 nitrogen and oxygen atoms in total. The monoisotopic (exact) mass is 255 g/mol. The summed E-state index contributed by atoms with van der Waals surface area (Å²) in [6.07, 6.45) is 3.42. The van der Waals surface area contributed by atoms with Crippen LogP contribution in [0.5, 0.6) is 0 Å². The van der Waals surface area contributed by atoms with Gasteiger partial charge in [0.25, 0.3) is 0 Å². The van der Waals surface area contributed by atoms with E-state index in [9.17, 15) is 9.59 Å². The molecule has 0 aromatic heterocycles. The third-order valence-electron chi connectivity index (χ3n) is 3.19. The minimum absolute atomic E-state index is 0.123. The van der Waals surface area contributed by atoms with Crippen molar-refractivity contribution < 1.29 is 9.59 Å². The molecule has 1 aliphatic carbocycles. The highest BCUT2D eigenvalue weighted by atomic mass is 16.2. The van der Waals surface area contributed by atoms with Crippen molar-refractivity contribution in [3.05, 3.63) is 0 Å². The maximum absolute atomic E-state index is 11.7. The van der Waals surface area contributed by atoms with Crippen molar-refractivity contribution in [3.63, 3.8) is 0 Å². The Hall–Kier alpha value is -1.10. The molecule has 0 saturated heterocycles. The van der Waals surface area contributed by atoms with E-state index in [1.165, 1.54) is 12.8 Å². The molecule has 0 heterocycles. The number of carbonyl (C=O) groups excluding carboxylic acids is 2. The Morgan fingerprint density at radius 1 is 1.22 bits per heavy atom. The van der Waals surface area contributed by atoms with Gasteiger partial charge in [-0.3, -0.25) is 9.59 Å².